The van der Waals surface area contributed by atoms with E-state index in [1.165, 1.54) is 5.56 Å². The second-order valence-corrected chi connectivity index (χ2v) is 6.17. The van der Waals surface area contributed by atoms with Gasteiger partial charge in [0.05, 0.1) is 6.04 Å². The Balaban J connectivity index is 1.93. The Kier molecular flexibility index (Phi) is 5.80. The SMILES string of the molecule is Cc1ccc(C(C)C)cc1OCC(=O)NC(C)c1ccccc1. The molecule has 0 aliphatic heterocycles. The van der Waals surface area contributed by atoms with E-state index in [4.69, 9.17) is 4.74 Å². The van der Waals surface area contributed by atoms with Crippen molar-refractivity contribution in [2.45, 2.75) is 39.7 Å². The molecule has 1 N–H and O–H groups in total. The molecule has 0 spiro atoms. The van der Waals surface area contributed by atoms with Crippen molar-refractivity contribution in [3.05, 3.63) is 65.2 Å². The highest BCUT2D eigenvalue weighted by Gasteiger charge is 2.11. The van der Waals surface area contributed by atoms with Crippen LogP contribution in [-0.4, -0.2) is 12.5 Å². The Morgan fingerprint density at radius 2 is 1.74 bits per heavy atom. The molecule has 0 bridgehead atoms. The molecule has 0 saturated heterocycles. The number of rotatable bonds is 6. The standard InChI is InChI=1S/C20H25NO2/c1-14(2)18-11-10-15(3)19(12-18)23-13-20(22)21-16(4)17-8-6-5-7-9-17/h5-12,14,16H,13H2,1-4H3,(H,21,22). The third-order valence-electron chi connectivity index (χ3n) is 3.91. The fourth-order valence-electron chi connectivity index (χ4n) is 2.38. The van der Waals surface area contributed by atoms with Crippen molar-refractivity contribution in [1.29, 1.82) is 0 Å². The fraction of sp³-hybridized carbons (Fsp3) is 0.350. The Hall–Kier alpha value is -2.29. The highest BCUT2D eigenvalue weighted by atomic mass is 16.5. The number of aryl methyl sites for hydroxylation is 1. The van der Waals surface area contributed by atoms with E-state index in [-0.39, 0.29) is 18.6 Å². The van der Waals surface area contributed by atoms with Crippen LogP contribution < -0.4 is 10.1 Å². The number of hydrogen-bond donors (Lipinski definition) is 1. The fourth-order valence-corrected chi connectivity index (χ4v) is 2.38. The average Bonchev–Trinajstić information content (AvgIpc) is 2.54. The smallest absolute Gasteiger partial charge is 0.258 e. The maximum Gasteiger partial charge on any atom is 0.258 e. The van der Waals surface area contributed by atoms with Crippen molar-refractivity contribution >= 4 is 5.91 Å². The summed E-state index contributed by atoms with van der Waals surface area (Å²) in [6.07, 6.45) is 0. The predicted octanol–water partition coefficient (Wildman–Crippen LogP) is 4.37. The minimum atomic E-state index is -0.115. The Morgan fingerprint density at radius 3 is 2.39 bits per heavy atom. The van der Waals surface area contributed by atoms with E-state index in [1.54, 1.807) is 0 Å². The van der Waals surface area contributed by atoms with Crippen molar-refractivity contribution in [2.75, 3.05) is 6.61 Å². The minimum Gasteiger partial charge on any atom is -0.483 e. The average molecular weight is 311 g/mol. The lowest BCUT2D eigenvalue weighted by Crippen LogP contribution is -2.31. The molecule has 0 aliphatic carbocycles. The van der Waals surface area contributed by atoms with E-state index in [0.717, 1.165) is 16.9 Å². The second-order valence-electron chi connectivity index (χ2n) is 6.17. The summed E-state index contributed by atoms with van der Waals surface area (Å²) in [5.74, 6) is 1.10. The van der Waals surface area contributed by atoms with Gasteiger partial charge in [-0.15, -0.1) is 0 Å². The number of carbonyl (C=O) groups excluding carboxylic acids is 1. The first-order valence-corrected chi connectivity index (χ1v) is 8.05. The normalized spacial score (nSPS) is 12.0. The number of ether oxygens (including phenoxy) is 1. The number of benzene rings is 2. The van der Waals surface area contributed by atoms with Crippen molar-refractivity contribution in [3.63, 3.8) is 0 Å². The van der Waals surface area contributed by atoms with Gasteiger partial charge in [-0.05, 0) is 42.5 Å². The molecule has 3 heteroatoms. The summed E-state index contributed by atoms with van der Waals surface area (Å²) in [7, 11) is 0. The summed E-state index contributed by atoms with van der Waals surface area (Å²) in [6.45, 7) is 8.27. The zero-order valence-electron chi connectivity index (χ0n) is 14.3. The van der Waals surface area contributed by atoms with Crippen molar-refractivity contribution in [1.82, 2.24) is 5.32 Å². The molecule has 0 saturated carbocycles. The molecule has 1 amide bonds. The lowest BCUT2D eigenvalue weighted by Gasteiger charge is -2.16. The molecule has 0 heterocycles. The van der Waals surface area contributed by atoms with Gasteiger partial charge in [0.25, 0.3) is 5.91 Å². The minimum absolute atomic E-state index is 0.0273. The first kappa shape index (κ1) is 17.1. The largest absolute Gasteiger partial charge is 0.483 e. The van der Waals surface area contributed by atoms with Gasteiger partial charge in [-0.1, -0.05) is 56.3 Å². The van der Waals surface area contributed by atoms with Crippen LogP contribution in [0.15, 0.2) is 48.5 Å². The van der Waals surface area contributed by atoms with Crippen LogP contribution in [0.5, 0.6) is 5.75 Å². The summed E-state index contributed by atoms with van der Waals surface area (Å²) in [5.41, 5.74) is 3.33. The van der Waals surface area contributed by atoms with Gasteiger partial charge in [0.1, 0.15) is 5.75 Å². The van der Waals surface area contributed by atoms with Gasteiger partial charge in [0, 0.05) is 0 Å². The summed E-state index contributed by atoms with van der Waals surface area (Å²) < 4.78 is 5.71. The summed E-state index contributed by atoms with van der Waals surface area (Å²) in [4.78, 5) is 12.1. The van der Waals surface area contributed by atoms with Crippen LogP contribution in [-0.2, 0) is 4.79 Å². The molecule has 3 nitrogen and oxygen atoms in total. The van der Waals surface area contributed by atoms with Gasteiger partial charge >= 0.3 is 0 Å². The summed E-state index contributed by atoms with van der Waals surface area (Å²) in [6, 6.07) is 16.0. The molecule has 2 aromatic carbocycles. The van der Waals surface area contributed by atoms with Crippen LogP contribution in [0.2, 0.25) is 0 Å². The molecule has 2 rings (SSSR count). The monoisotopic (exact) mass is 311 g/mol. The Bertz CT molecular complexity index is 650. The summed E-state index contributed by atoms with van der Waals surface area (Å²) in [5, 5.41) is 2.96. The number of hydrogen-bond acceptors (Lipinski definition) is 2. The topological polar surface area (TPSA) is 38.3 Å². The highest BCUT2D eigenvalue weighted by Crippen LogP contribution is 2.24. The molecule has 1 atom stereocenters. The van der Waals surface area contributed by atoms with Crippen LogP contribution >= 0.6 is 0 Å². The molecule has 0 fully saturated rings. The lowest BCUT2D eigenvalue weighted by molar-refractivity contribution is -0.123. The van der Waals surface area contributed by atoms with Gasteiger partial charge in [-0.2, -0.15) is 0 Å². The Morgan fingerprint density at radius 1 is 1.04 bits per heavy atom. The van der Waals surface area contributed by atoms with Gasteiger partial charge in [-0.3, -0.25) is 4.79 Å². The maximum atomic E-state index is 12.1. The van der Waals surface area contributed by atoms with Gasteiger partial charge in [0.2, 0.25) is 0 Å². The van der Waals surface area contributed by atoms with E-state index in [1.807, 2.05) is 56.3 Å². The van der Waals surface area contributed by atoms with Crippen molar-refractivity contribution in [3.8, 4) is 5.75 Å². The lowest BCUT2D eigenvalue weighted by atomic mass is 10.0. The number of amides is 1. The first-order chi connectivity index (χ1) is 11.0. The summed E-state index contributed by atoms with van der Waals surface area (Å²) >= 11 is 0. The molecular formula is C20H25NO2. The first-order valence-electron chi connectivity index (χ1n) is 8.05. The quantitative estimate of drug-likeness (QED) is 0.860. The third kappa shape index (κ3) is 4.85. The van der Waals surface area contributed by atoms with E-state index in [0.29, 0.717) is 5.92 Å². The molecular weight excluding hydrogens is 286 g/mol. The zero-order chi connectivity index (χ0) is 16.8. The van der Waals surface area contributed by atoms with Crippen LogP contribution in [0.1, 0.15) is 49.4 Å². The van der Waals surface area contributed by atoms with Gasteiger partial charge in [0.15, 0.2) is 6.61 Å². The maximum absolute atomic E-state index is 12.1. The second kappa shape index (κ2) is 7.82. The van der Waals surface area contributed by atoms with E-state index in [9.17, 15) is 4.79 Å². The molecule has 23 heavy (non-hydrogen) atoms. The van der Waals surface area contributed by atoms with E-state index >= 15 is 0 Å². The van der Waals surface area contributed by atoms with Crippen LogP contribution in [0.25, 0.3) is 0 Å². The van der Waals surface area contributed by atoms with Crippen molar-refractivity contribution < 1.29 is 9.53 Å². The molecule has 0 radical (unpaired) electrons. The zero-order valence-corrected chi connectivity index (χ0v) is 14.3. The number of nitrogens with one attached hydrogen (secondary N) is 1. The van der Waals surface area contributed by atoms with Crippen LogP contribution in [0, 0.1) is 6.92 Å². The van der Waals surface area contributed by atoms with Crippen LogP contribution in [0.4, 0.5) is 0 Å². The third-order valence-corrected chi connectivity index (χ3v) is 3.91. The molecule has 0 aliphatic rings. The van der Waals surface area contributed by atoms with E-state index in [2.05, 4.69) is 25.2 Å². The van der Waals surface area contributed by atoms with Crippen molar-refractivity contribution in [2.24, 2.45) is 0 Å². The molecule has 0 aromatic heterocycles. The van der Waals surface area contributed by atoms with Gasteiger partial charge in [-0.25, -0.2) is 0 Å². The van der Waals surface area contributed by atoms with Crippen LogP contribution in [0.3, 0.4) is 0 Å². The Labute approximate surface area is 138 Å². The molecule has 122 valence electrons. The highest BCUT2D eigenvalue weighted by molar-refractivity contribution is 5.78. The number of carbonyl (C=O) groups is 1. The van der Waals surface area contributed by atoms with Gasteiger partial charge < -0.3 is 10.1 Å². The van der Waals surface area contributed by atoms with E-state index < -0.39 is 0 Å². The predicted molar refractivity (Wildman–Crippen MR) is 93.8 cm³/mol. The molecule has 1 unspecified atom stereocenters. The molecule has 2 aromatic rings.